The fourth-order valence-corrected chi connectivity index (χ4v) is 6.45. The first kappa shape index (κ1) is 24.5. The van der Waals surface area contributed by atoms with Crippen molar-refractivity contribution >= 4 is 5.91 Å². The molecule has 0 spiro atoms. The first-order valence-corrected chi connectivity index (χ1v) is 13.4. The lowest BCUT2D eigenvalue weighted by Gasteiger charge is -2.39. The van der Waals surface area contributed by atoms with E-state index in [1.807, 2.05) is 0 Å². The van der Waals surface area contributed by atoms with Crippen LogP contribution in [0.2, 0.25) is 0 Å². The van der Waals surface area contributed by atoms with Crippen LogP contribution in [0.4, 0.5) is 0 Å². The molecule has 8 atom stereocenters. The minimum atomic E-state index is 0.0343. The zero-order valence-electron chi connectivity index (χ0n) is 20.8. The maximum atomic E-state index is 13.0. The van der Waals surface area contributed by atoms with Crippen molar-refractivity contribution in [3.8, 4) is 0 Å². The first-order valence-electron chi connectivity index (χ1n) is 13.4. The summed E-state index contributed by atoms with van der Waals surface area (Å²) in [5, 5.41) is 30.0. The van der Waals surface area contributed by atoms with Crippen LogP contribution >= 0.6 is 0 Å². The van der Waals surface area contributed by atoms with Gasteiger partial charge in [0.25, 0.3) is 0 Å². The van der Waals surface area contributed by atoms with Gasteiger partial charge in [-0.05, 0) is 65.6 Å². The van der Waals surface area contributed by atoms with Crippen LogP contribution in [0.25, 0.3) is 0 Å². The first-order chi connectivity index (χ1) is 16.6. The van der Waals surface area contributed by atoms with E-state index >= 15 is 0 Å². The number of piperidine rings is 2. The third-order valence-corrected chi connectivity index (χ3v) is 8.50. The molecule has 192 valence electrons. The van der Waals surface area contributed by atoms with Crippen LogP contribution in [-0.2, 0) is 4.79 Å². The van der Waals surface area contributed by atoms with Gasteiger partial charge in [0.15, 0.2) is 0 Å². The zero-order valence-corrected chi connectivity index (χ0v) is 20.8. The molecule has 5 aliphatic rings. The van der Waals surface area contributed by atoms with Crippen molar-refractivity contribution in [3.05, 3.63) is 0 Å². The van der Waals surface area contributed by atoms with Gasteiger partial charge in [-0.3, -0.25) is 25.2 Å². The lowest BCUT2D eigenvalue weighted by Crippen LogP contribution is -2.57. The molecule has 0 aromatic heterocycles. The van der Waals surface area contributed by atoms with Crippen molar-refractivity contribution in [2.75, 3.05) is 46.4 Å². The molecule has 34 heavy (non-hydrogen) atoms. The molecule has 0 aromatic rings. The van der Waals surface area contributed by atoms with Crippen molar-refractivity contribution < 1.29 is 4.79 Å². The van der Waals surface area contributed by atoms with E-state index in [0.29, 0.717) is 24.3 Å². The van der Waals surface area contributed by atoms with Gasteiger partial charge < -0.3 is 21.3 Å². The second-order valence-electron chi connectivity index (χ2n) is 10.8. The number of fused-ring (bicyclic) bond motifs is 1. The lowest BCUT2D eigenvalue weighted by molar-refractivity contribution is -0.126. The van der Waals surface area contributed by atoms with Crippen LogP contribution in [0, 0.1) is 5.92 Å². The van der Waals surface area contributed by atoms with Crippen molar-refractivity contribution in [2.24, 2.45) is 16.1 Å². The Bertz CT molecular complexity index is 716. The predicted octanol–water partition coefficient (Wildman–Crippen LogP) is -0.851. The van der Waals surface area contributed by atoms with Gasteiger partial charge in [0.2, 0.25) is 5.91 Å². The van der Waals surface area contributed by atoms with Crippen molar-refractivity contribution in [3.63, 3.8) is 0 Å². The summed E-state index contributed by atoms with van der Waals surface area (Å²) < 4.78 is 0. The summed E-state index contributed by atoms with van der Waals surface area (Å²) in [4.78, 5) is 17.9. The Labute approximate surface area is 203 Å². The number of hydrogen-bond acceptors (Lipinski definition) is 10. The van der Waals surface area contributed by atoms with E-state index in [-0.39, 0.29) is 30.3 Å². The van der Waals surface area contributed by atoms with E-state index in [1.165, 1.54) is 19.3 Å². The Kier molecular flexibility index (Phi) is 8.09. The molecule has 6 N–H and O–H groups in total. The summed E-state index contributed by atoms with van der Waals surface area (Å²) in [5.74, 6) is 0.258. The molecule has 4 saturated heterocycles. The molecule has 0 saturated carbocycles. The minimum Gasteiger partial charge on any atom is -0.354 e. The number of amides is 1. The summed E-state index contributed by atoms with van der Waals surface area (Å²) in [6.07, 6.45) is 7.29. The van der Waals surface area contributed by atoms with Crippen LogP contribution in [0.5, 0.6) is 0 Å². The van der Waals surface area contributed by atoms with Gasteiger partial charge in [-0.1, -0.05) is 0 Å². The Morgan fingerprint density at radius 1 is 1.06 bits per heavy atom. The van der Waals surface area contributed by atoms with Gasteiger partial charge in [-0.25, -0.2) is 0 Å². The quantitative estimate of drug-likeness (QED) is 0.281. The lowest BCUT2D eigenvalue weighted by atomic mass is 9.94. The largest absolute Gasteiger partial charge is 0.354 e. The molecule has 8 unspecified atom stereocenters. The monoisotopic (exact) mass is 476 g/mol. The molecule has 0 aromatic carbocycles. The Morgan fingerprint density at radius 3 is 2.82 bits per heavy atom. The molecular formula is C23H44N10O. The highest BCUT2D eigenvalue weighted by Crippen LogP contribution is 2.27. The Morgan fingerprint density at radius 2 is 1.97 bits per heavy atom. The highest BCUT2D eigenvalue weighted by molar-refractivity contribution is 5.78. The molecule has 5 rings (SSSR count). The second-order valence-corrected chi connectivity index (χ2v) is 10.8. The van der Waals surface area contributed by atoms with E-state index < -0.39 is 0 Å². The number of likely N-dealkylation sites (N-methyl/N-ethyl adjacent to an activating group) is 1. The van der Waals surface area contributed by atoms with E-state index in [1.54, 1.807) is 0 Å². The van der Waals surface area contributed by atoms with Gasteiger partial charge in [0.1, 0.15) is 12.3 Å². The maximum Gasteiger partial charge on any atom is 0.223 e. The molecule has 4 fully saturated rings. The average Bonchev–Trinajstić information content (AvgIpc) is 3.46. The zero-order chi connectivity index (χ0) is 23.5. The number of nitrogens with one attached hydrogen (secondary N) is 6. The number of rotatable bonds is 7. The van der Waals surface area contributed by atoms with Crippen LogP contribution in [-0.4, -0.2) is 105 Å². The Hall–Kier alpha value is -1.21. The Balaban J connectivity index is 1.05. The third-order valence-electron chi connectivity index (χ3n) is 8.50. The molecular weight excluding hydrogens is 432 g/mol. The highest BCUT2D eigenvalue weighted by Gasteiger charge is 2.39. The fourth-order valence-electron chi connectivity index (χ4n) is 6.45. The van der Waals surface area contributed by atoms with Gasteiger partial charge >= 0.3 is 0 Å². The summed E-state index contributed by atoms with van der Waals surface area (Å²) in [6, 6.07) is 1.35. The molecule has 5 heterocycles. The van der Waals surface area contributed by atoms with Crippen molar-refractivity contribution in [1.29, 1.82) is 0 Å². The minimum absolute atomic E-state index is 0.0343. The standard InChI is InChI=1S/C23H44N10O/c1-15-4-3-5-20-27-11-17(33(15)20)12-28-23(34)16-6-9-25-19(10-16)26-13-21-30-31-22(32(21)2)18-7-8-24-14-29-18/h15-22,24-27,29H,3-14H2,1-2H3,(H,28,34). The number of hydrogen-bond donors (Lipinski definition) is 6. The van der Waals surface area contributed by atoms with E-state index in [4.69, 9.17) is 0 Å². The van der Waals surface area contributed by atoms with Crippen LogP contribution in [0.1, 0.15) is 45.4 Å². The molecule has 0 bridgehead atoms. The maximum absolute atomic E-state index is 13.0. The van der Waals surface area contributed by atoms with Crippen LogP contribution in [0.15, 0.2) is 10.2 Å². The van der Waals surface area contributed by atoms with E-state index in [9.17, 15) is 4.79 Å². The molecule has 1 amide bonds. The highest BCUT2D eigenvalue weighted by atomic mass is 16.1. The predicted molar refractivity (Wildman–Crippen MR) is 131 cm³/mol. The summed E-state index contributed by atoms with van der Waals surface area (Å²) >= 11 is 0. The number of azo groups is 1. The van der Waals surface area contributed by atoms with Crippen molar-refractivity contribution in [2.45, 2.75) is 88.2 Å². The van der Waals surface area contributed by atoms with Gasteiger partial charge in [0.05, 0.1) is 12.3 Å². The van der Waals surface area contributed by atoms with Crippen LogP contribution < -0.4 is 31.9 Å². The van der Waals surface area contributed by atoms with Gasteiger partial charge in [-0.2, -0.15) is 10.2 Å². The van der Waals surface area contributed by atoms with Gasteiger partial charge in [-0.15, -0.1) is 0 Å². The summed E-state index contributed by atoms with van der Waals surface area (Å²) in [5.41, 5.74) is 0. The van der Waals surface area contributed by atoms with Crippen molar-refractivity contribution in [1.82, 2.24) is 41.7 Å². The van der Waals surface area contributed by atoms with Crippen LogP contribution in [0.3, 0.4) is 0 Å². The van der Waals surface area contributed by atoms with E-state index in [0.717, 1.165) is 58.7 Å². The van der Waals surface area contributed by atoms with E-state index in [2.05, 4.69) is 65.9 Å². The third kappa shape index (κ3) is 5.45. The topological polar surface area (TPSA) is 120 Å². The fraction of sp³-hybridized carbons (Fsp3) is 0.957. The SMILES string of the molecule is CC1CCCC2NCC(CNC(=O)C3CCNC(NCC4N=NC(C5CCNCN5)N4C)C3)N12. The molecule has 5 aliphatic heterocycles. The molecule has 11 heteroatoms. The number of nitrogens with zero attached hydrogens (tertiary/aromatic N) is 4. The van der Waals surface area contributed by atoms with Gasteiger partial charge in [0, 0.05) is 50.3 Å². The molecule has 0 radical (unpaired) electrons. The summed E-state index contributed by atoms with van der Waals surface area (Å²) in [6.45, 7) is 7.48. The number of carbonyl (C=O) groups excluding carboxylic acids is 1. The normalized spacial score (nSPS) is 41.5. The molecule has 11 nitrogen and oxygen atoms in total. The smallest absolute Gasteiger partial charge is 0.223 e. The second kappa shape index (κ2) is 11.2. The summed E-state index contributed by atoms with van der Waals surface area (Å²) in [7, 11) is 2.11. The average molecular weight is 477 g/mol. The molecule has 0 aliphatic carbocycles. The number of carbonyl (C=O) groups is 1.